The molecule has 1 saturated heterocycles. The number of hydrogen-bond acceptors (Lipinski definition) is 4. The van der Waals surface area contributed by atoms with Crippen LogP contribution in [0.4, 0.5) is 10.1 Å². The van der Waals surface area contributed by atoms with Crippen LogP contribution >= 0.6 is 0 Å². The van der Waals surface area contributed by atoms with Gasteiger partial charge in [-0.2, -0.15) is 0 Å². The summed E-state index contributed by atoms with van der Waals surface area (Å²) in [6.45, 7) is 5.72. The van der Waals surface area contributed by atoms with Gasteiger partial charge in [0.1, 0.15) is 11.9 Å². The first-order chi connectivity index (χ1) is 14.4. The van der Waals surface area contributed by atoms with E-state index in [-0.39, 0.29) is 22.7 Å². The molecule has 2 aromatic carbocycles. The van der Waals surface area contributed by atoms with Gasteiger partial charge >= 0.3 is 0 Å². The Hall–Kier alpha value is -2.71. The number of carbonyl (C=O) groups excluding carboxylic acids is 1. The van der Waals surface area contributed by atoms with Gasteiger partial charge in [0.15, 0.2) is 0 Å². The largest absolute Gasteiger partial charge is 0.768 e. The Morgan fingerprint density at radius 2 is 1.90 bits per heavy atom. The molecule has 8 heteroatoms. The predicted molar refractivity (Wildman–Crippen MR) is 114 cm³/mol. The molecule has 0 bridgehead atoms. The van der Waals surface area contributed by atoms with Crippen molar-refractivity contribution >= 4 is 33.6 Å². The standard InChI is InChI=1S/C22H24FN3O3S/c1-15-14-24(17-6-8-18(9-7-17)30(28)29)12-13-25(15)22(27)16(2)26-11-10-19-20(23)4-3-5-21(19)26/h3-11,15-16H,12-14H2,1-2H3,(H,28,29)/p-1/t15-,16-/m0/s1. The first-order valence-electron chi connectivity index (χ1n) is 9.86. The van der Waals surface area contributed by atoms with Gasteiger partial charge in [-0.25, -0.2) is 4.39 Å². The van der Waals surface area contributed by atoms with E-state index >= 15 is 0 Å². The minimum absolute atomic E-state index is 0.000936. The van der Waals surface area contributed by atoms with Crippen molar-refractivity contribution in [3.63, 3.8) is 0 Å². The zero-order chi connectivity index (χ0) is 21.4. The normalized spacial score (nSPS) is 19.1. The third-order valence-corrected chi connectivity index (χ3v) is 6.45. The Bertz CT molecular complexity index is 1100. The summed E-state index contributed by atoms with van der Waals surface area (Å²) in [5.74, 6) is -0.291. The molecule has 0 spiro atoms. The van der Waals surface area contributed by atoms with Crippen molar-refractivity contribution in [3.05, 3.63) is 60.5 Å². The molecule has 0 saturated carbocycles. The Labute approximate surface area is 177 Å². The maximum atomic E-state index is 14.0. The van der Waals surface area contributed by atoms with Gasteiger partial charge in [-0.05, 0) is 67.4 Å². The summed E-state index contributed by atoms with van der Waals surface area (Å²) in [4.78, 5) is 17.5. The second-order valence-corrected chi connectivity index (χ2v) is 8.57. The highest BCUT2D eigenvalue weighted by atomic mass is 32.2. The third-order valence-electron chi connectivity index (χ3n) is 5.79. The summed E-state index contributed by atoms with van der Waals surface area (Å²) in [6.07, 6.45) is 1.76. The summed E-state index contributed by atoms with van der Waals surface area (Å²) in [5.41, 5.74) is 1.64. The molecule has 0 N–H and O–H groups in total. The topological polar surface area (TPSA) is 68.6 Å². The average Bonchev–Trinajstić information content (AvgIpc) is 3.18. The number of anilines is 1. The number of benzene rings is 2. The van der Waals surface area contributed by atoms with E-state index in [1.54, 1.807) is 42.6 Å². The summed E-state index contributed by atoms with van der Waals surface area (Å²) in [5, 5.41) is 0.512. The summed E-state index contributed by atoms with van der Waals surface area (Å²) in [6, 6.07) is 12.9. The molecular formula is C22H23FN3O3S-. The van der Waals surface area contributed by atoms with Crippen molar-refractivity contribution in [2.24, 2.45) is 0 Å². The molecule has 3 atom stereocenters. The molecule has 158 valence electrons. The average molecular weight is 429 g/mol. The molecule has 3 aromatic rings. The molecule has 0 radical (unpaired) electrons. The summed E-state index contributed by atoms with van der Waals surface area (Å²) < 4.78 is 37.9. The van der Waals surface area contributed by atoms with E-state index in [0.29, 0.717) is 30.5 Å². The van der Waals surface area contributed by atoms with Crippen LogP contribution in [0.2, 0.25) is 0 Å². The molecule has 6 nitrogen and oxygen atoms in total. The van der Waals surface area contributed by atoms with Gasteiger partial charge in [-0.3, -0.25) is 9.00 Å². The highest BCUT2D eigenvalue weighted by Gasteiger charge is 2.31. The van der Waals surface area contributed by atoms with E-state index in [1.165, 1.54) is 6.07 Å². The first-order valence-corrected chi connectivity index (χ1v) is 10.9. The minimum Gasteiger partial charge on any atom is -0.768 e. The van der Waals surface area contributed by atoms with Crippen LogP contribution in [0, 0.1) is 5.82 Å². The van der Waals surface area contributed by atoms with Crippen LogP contribution in [0.3, 0.4) is 0 Å². The van der Waals surface area contributed by atoms with Crippen LogP contribution in [-0.2, 0) is 15.9 Å². The molecule has 1 aromatic heterocycles. The molecule has 4 rings (SSSR count). The van der Waals surface area contributed by atoms with Crippen LogP contribution in [0.25, 0.3) is 10.9 Å². The van der Waals surface area contributed by atoms with E-state index in [9.17, 15) is 17.9 Å². The fraction of sp³-hybridized carbons (Fsp3) is 0.318. The van der Waals surface area contributed by atoms with Gasteiger partial charge in [-0.15, -0.1) is 0 Å². The highest BCUT2D eigenvalue weighted by molar-refractivity contribution is 7.79. The second-order valence-electron chi connectivity index (χ2n) is 7.63. The van der Waals surface area contributed by atoms with Gasteiger partial charge in [0, 0.05) is 47.8 Å². The van der Waals surface area contributed by atoms with Crippen LogP contribution < -0.4 is 4.90 Å². The fourth-order valence-corrected chi connectivity index (χ4v) is 4.49. The second kappa shape index (κ2) is 8.20. The van der Waals surface area contributed by atoms with Crippen LogP contribution in [0.15, 0.2) is 59.6 Å². The fourth-order valence-electron chi connectivity index (χ4n) is 4.14. The van der Waals surface area contributed by atoms with Gasteiger partial charge in [0.2, 0.25) is 5.91 Å². The number of carbonyl (C=O) groups is 1. The Balaban J connectivity index is 1.48. The van der Waals surface area contributed by atoms with E-state index in [1.807, 2.05) is 29.4 Å². The lowest BCUT2D eigenvalue weighted by molar-refractivity contribution is -0.136. The molecule has 1 amide bonds. The number of fused-ring (bicyclic) bond motifs is 1. The molecular weight excluding hydrogens is 405 g/mol. The van der Waals surface area contributed by atoms with Crippen LogP contribution in [-0.4, -0.2) is 49.8 Å². The van der Waals surface area contributed by atoms with E-state index < -0.39 is 17.1 Å². The monoisotopic (exact) mass is 428 g/mol. The number of hydrogen-bond donors (Lipinski definition) is 0. The molecule has 30 heavy (non-hydrogen) atoms. The third kappa shape index (κ3) is 3.73. The van der Waals surface area contributed by atoms with Gasteiger partial charge in [0.25, 0.3) is 0 Å². The lowest BCUT2D eigenvalue weighted by atomic mass is 10.1. The summed E-state index contributed by atoms with van der Waals surface area (Å²) >= 11 is -2.24. The lowest BCUT2D eigenvalue weighted by Gasteiger charge is -2.42. The van der Waals surface area contributed by atoms with Crippen LogP contribution in [0.1, 0.15) is 19.9 Å². The van der Waals surface area contributed by atoms with Crippen LogP contribution in [0.5, 0.6) is 0 Å². The van der Waals surface area contributed by atoms with Crippen molar-refractivity contribution in [2.75, 3.05) is 24.5 Å². The molecule has 2 heterocycles. The molecule has 1 fully saturated rings. The quantitative estimate of drug-likeness (QED) is 0.598. The van der Waals surface area contributed by atoms with Crippen molar-refractivity contribution < 1.29 is 17.9 Å². The van der Waals surface area contributed by atoms with Crippen molar-refractivity contribution in [1.82, 2.24) is 9.47 Å². The summed E-state index contributed by atoms with van der Waals surface area (Å²) in [7, 11) is 0. The van der Waals surface area contributed by atoms with Crippen molar-refractivity contribution in [2.45, 2.75) is 30.8 Å². The van der Waals surface area contributed by atoms with Gasteiger partial charge in [0.05, 0.1) is 5.52 Å². The van der Waals surface area contributed by atoms with Gasteiger partial charge in [-0.1, -0.05) is 6.07 Å². The predicted octanol–water partition coefficient (Wildman–Crippen LogP) is 3.32. The minimum atomic E-state index is -2.24. The van der Waals surface area contributed by atoms with E-state index in [0.717, 1.165) is 5.69 Å². The number of aromatic nitrogens is 1. The Morgan fingerprint density at radius 3 is 2.57 bits per heavy atom. The number of amides is 1. The molecule has 1 unspecified atom stereocenters. The molecule has 1 aliphatic rings. The number of halogens is 1. The Morgan fingerprint density at radius 1 is 1.17 bits per heavy atom. The van der Waals surface area contributed by atoms with Crippen molar-refractivity contribution in [1.29, 1.82) is 0 Å². The zero-order valence-corrected chi connectivity index (χ0v) is 17.6. The zero-order valence-electron chi connectivity index (χ0n) is 16.8. The lowest BCUT2D eigenvalue weighted by Crippen LogP contribution is -2.55. The smallest absolute Gasteiger partial charge is 0.245 e. The number of nitrogens with zero attached hydrogens (tertiary/aromatic N) is 3. The number of piperazine rings is 1. The van der Waals surface area contributed by atoms with E-state index in [2.05, 4.69) is 4.90 Å². The Kier molecular flexibility index (Phi) is 5.62. The highest BCUT2D eigenvalue weighted by Crippen LogP contribution is 2.26. The first kappa shape index (κ1) is 20.6. The van der Waals surface area contributed by atoms with Gasteiger partial charge < -0.3 is 18.9 Å². The van der Waals surface area contributed by atoms with Crippen molar-refractivity contribution in [3.8, 4) is 0 Å². The maximum absolute atomic E-state index is 14.0. The maximum Gasteiger partial charge on any atom is 0.245 e. The van der Waals surface area contributed by atoms with E-state index in [4.69, 9.17) is 0 Å². The SMILES string of the molecule is C[C@H]1CN(c2ccc(S(=O)[O-])cc2)CCN1C(=O)[C@H](C)n1ccc2c(F)cccc21. The number of rotatable bonds is 4. The molecule has 1 aliphatic heterocycles. The molecule has 0 aliphatic carbocycles.